The number of piperidine rings is 1. The van der Waals surface area contributed by atoms with Crippen LogP contribution in [-0.2, 0) is 9.59 Å². The SMILES string of the molecule is CCC(C)(C)NC(=O)C(C)N1CCC(C(=O)N(C)C)CC1. The molecule has 1 aliphatic heterocycles. The van der Waals surface area contributed by atoms with Crippen molar-refractivity contribution in [1.29, 1.82) is 0 Å². The minimum absolute atomic E-state index is 0.0826. The molecule has 1 atom stereocenters. The van der Waals surface area contributed by atoms with E-state index in [9.17, 15) is 9.59 Å². The Balaban J connectivity index is 2.50. The van der Waals surface area contributed by atoms with Gasteiger partial charge in [0.05, 0.1) is 6.04 Å². The van der Waals surface area contributed by atoms with E-state index in [1.54, 1.807) is 19.0 Å². The fourth-order valence-electron chi connectivity index (χ4n) is 2.59. The molecule has 1 rings (SSSR count). The molecule has 0 aromatic carbocycles. The largest absolute Gasteiger partial charge is 0.350 e. The van der Waals surface area contributed by atoms with E-state index in [-0.39, 0.29) is 29.3 Å². The summed E-state index contributed by atoms with van der Waals surface area (Å²) in [5.41, 5.74) is -0.162. The molecule has 0 aromatic heterocycles. The first-order valence-corrected chi connectivity index (χ1v) is 7.95. The van der Waals surface area contributed by atoms with Gasteiger partial charge in [0, 0.05) is 25.6 Å². The second-order valence-corrected chi connectivity index (χ2v) is 6.95. The minimum atomic E-state index is -0.162. The van der Waals surface area contributed by atoms with Crippen LogP contribution in [0.1, 0.15) is 47.0 Å². The highest BCUT2D eigenvalue weighted by atomic mass is 16.2. The van der Waals surface area contributed by atoms with Crippen LogP contribution >= 0.6 is 0 Å². The number of carbonyl (C=O) groups is 2. The highest BCUT2D eigenvalue weighted by Gasteiger charge is 2.31. The van der Waals surface area contributed by atoms with Gasteiger partial charge in [0.1, 0.15) is 0 Å². The van der Waals surface area contributed by atoms with Crippen molar-refractivity contribution < 1.29 is 9.59 Å². The molecule has 122 valence electrons. The van der Waals surface area contributed by atoms with Crippen molar-refractivity contribution in [3.63, 3.8) is 0 Å². The Labute approximate surface area is 129 Å². The van der Waals surface area contributed by atoms with Crippen LogP contribution in [0.4, 0.5) is 0 Å². The molecule has 5 heteroatoms. The molecule has 0 aliphatic carbocycles. The Bertz CT molecular complexity index is 372. The molecule has 1 heterocycles. The Hall–Kier alpha value is -1.10. The monoisotopic (exact) mass is 297 g/mol. The van der Waals surface area contributed by atoms with Gasteiger partial charge < -0.3 is 10.2 Å². The summed E-state index contributed by atoms with van der Waals surface area (Å²) in [7, 11) is 3.61. The molecule has 5 nitrogen and oxygen atoms in total. The molecule has 0 saturated carbocycles. The second kappa shape index (κ2) is 7.25. The maximum absolute atomic E-state index is 12.3. The Kier molecular flexibility index (Phi) is 6.20. The molecule has 2 amide bonds. The number of likely N-dealkylation sites (tertiary alicyclic amines) is 1. The normalized spacial score (nSPS) is 19.1. The first-order chi connectivity index (χ1) is 9.68. The van der Waals surface area contributed by atoms with Crippen molar-refractivity contribution in [2.45, 2.75) is 58.5 Å². The number of nitrogens with zero attached hydrogens (tertiary/aromatic N) is 2. The molecule has 1 N–H and O–H groups in total. The van der Waals surface area contributed by atoms with Gasteiger partial charge in [-0.15, -0.1) is 0 Å². The third-order valence-electron chi connectivity index (χ3n) is 4.59. The molecule has 1 aliphatic rings. The summed E-state index contributed by atoms with van der Waals surface area (Å²) in [5, 5.41) is 3.10. The maximum Gasteiger partial charge on any atom is 0.237 e. The Morgan fingerprint density at radius 1 is 1.29 bits per heavy atom. The van der Waals surface area contributed by atoms with Crippen LogP contribution in [0.2, 0.25) is 0 Å². The molecule has 1 unspecified atom stereocenters. The van der Waals surface area contributed by atoms with Crippen molar-refractivity contribution in [2.75, 3.05) is 27.2 Å². The van der Waals surface area contributed by atoms with E-state index in [2.05, 4.69) is 17.1 Å². The number of rotatable bonds is 5. The zero-order valence-corrected chi connectivity index (χ0v) is 14.4. The van der Waals surface area contributed by atoms with Crippen molar-refractivity contribution in [2.24, 2.45) is 5.92 Å². The van der Waals surface area contributed by atoms with E-state index in [4.69, 9.17) is 0 Å². The van der Waals surface area contributed by atoms with Gasteiger partial charge in [0.15, 0.2) is 0 Å². The van der Waals surface area contributed by atoms with Gasteiger partial charge >= 0.3 is 0 Å². The van der Waals surface area contributed by atoms with Gasteiger partial charge in [-0.1, -0.05) is 6.92 Å². The smallest absolute Gasteiger partial charge is 0.237 e. The van der Waals surface area contributed by atoms with E-state index < -0.39 is 0 Å². The summed E-state index contributed by atoms with van der Waals surface area (Å²) in [6, 6.07) is -0.133. The molecular weight excluding hydrogens is 266 g/mol. The highest BCUT2D eigenvalue weighted by Crippen LogP contribution is 2.21. The first kappa shape index (κ1) is 18.0. The summed E-state index contributed by atoms with van der Waals surface area (Å²) in [4.78, 5) is 28.1. The zero-order valence-electron chi connectivity index (χ0n) is 14.4. The molecule has 0 spiro atoms. The van der Waals surface area contributed by atoms with E-state index in [1.165, 1.54) is 0 Å². The molecule has 1 fully saturated rings. The van der Waals surface area contributed by atoms with Crippen LogP contribution in [0.3, 0.4) is 0 Å². The number of carbonyl (C=O) groups excluding carboxylic acids is 2. The van der Waals surface area contributed by atoms with Gasteiger partial charge in [-0.05, 0) is 53.1 Å². The summed E-state index contributed by atoms with van der Waals surface area (Å²) in [6.45, 7) is 9.73. The van der Waals surface area contributed by atoms with Crippen molar-refractivity contribution in [3.8, 4) is 0 Å². The lowest BCUT2D eigenvalue weighted by atomic mass is 9.94. The molecule has 0 aromatic rings. The summed E-state index contributed by atoms with van der Waals surface area (Å²) in [6.07, 6.45) is 2.59. The quantitative estimate of drug-likeness (QED) is 0.836. The zero-order chi connectivity index (χ0) is 16.2. The third kappa shape index (κ3) is 4.99. The number of hydrogen-bond acceptors (Lipinski definition) is 3. The third-order valence-corrected chi connectivity index (χ3v) is 4.59. The summed E-state index contributed by atoms with van der Waals surface area (Å²) >= 11 is 0. The van der Waals surface area contributed by atoms with Gasteiger partial charge in [0.25, 0.3) is 0 Å². The Morgan fingerprint density at radius 2 is 1.81 bits per heavy atom. The first-order valence-electron chi connectivity index (χ1n) is 7.95. The maximum atomic E-state index is 12.3. The second-order valence-electron chi connectivity index (χ2n) is 6.95. The van der Waals surface area contributed by atoms with E-state index in [1.807, 2.05) is 20.8 Å². The molecule has 21 heavy (non-hydrogen) atoms. The van der Waals surface area contributed by atoms with E-state index in [0.29, 0.717) is 0 Å². The predicted molar refractivity (Wildman–Crippen MR) is 85.0 cm³/mol. The lowest BCUT2D eigenvalue weighted by Gasteiger charge is -2.37. The number of hydrogen-bond donors (Lipinski definition) is 1. The lowest BCUT2D eigenvalue weighted by Crippen LogP contribution is -2.54. The van der Waals surface area contributed by atoms with Crippen LogP contribution in [-0.4, -0.2) is 60.4 Å². The standard InChI is InChI=1S/C16H31N3O2/c1-7-16(3,4)17-14(20)12(2)19-10-8-13(9-11-19)15(21)18(5)6/h12-13H,7-11H2,1-6H3,(H,17,20). The van der Waals surface area contributed by atoms with Crippen LogP contribution < -0.4 is 5.32 Å². The van der Waals surface area contributed by atoms with E-state index >= 15 is 0 Å². The average Bonchev–Trinajstić information content (AvgIpc) is 2.45. The minimum Gasteiger partial charge on any atom is -0.350 e. The van der Waals surface area contributed by atoms with Gasteiger partial charge in [-0.25, -0.2) is 0 Å². The number of nitrogens with one attached hydrogen (secondary N) is 1. The lowest BCUT2D eigenvalue weighted by molar-refractivity contribution is -0.135. The van der Waals surface area contributed by atoms with Crippen molar-refractivity contribution >= 4 is 11.8 Å². The van der Waals surface area contributed by atoms with Crippen LogP contribution in [0.15, 0.2) is 0 Å². The Morgan fingerprint density at radius 3 is 2.24 bits per heavy atom. The molecule has 0 radical (unpaired) electrons. The van der Waals surface area contributed by atoms with Crippen molar-refractivity contribution in [3.05, 3.63) is 0 Å². The van der Waals surface area contributed by atoms with Crippen molar-refractivity contribution in [1.82, 2.24) is 15.1 Å². The number of amides is 2. The highest BCUT2D eigenvalue weighted by molar-refractivity contribution is 5.82. The fourth-order valence-corrected chi connectivity index (χ4v) is 2.59. The van der Waals surface area contributed by atoms with E-state index in [0.717, 1.165) is 32.4 Å². The fraction of sp³-hybridized carbons (Fsp3) is 0.875. The van der Waals surface area contributed by atoms with Crippen LogP contribution in [0.25, 0.3) is 0 Å². The van der Waals surface area contributed by atoms with Crippen LogP contribution in [0.5, 0.6) is 0 Å². The molecular formula is C16H31N3O2. The predicted octanol–water partition coefficient (Wildman–Crippen LogP) is 1.48. The molecule has 1 saturated heterocycles. The van der Waals surface area contributed by atoms with Gasteiger partial charge in [-0.2, -0.15) is 0 Å². The summed E-state index contributed by atoms with van der Waals surface area (Å²) < 4.78 is 0. The topological polar surface area (TPSA) is 52.7 Å². The van der Waals surface area contributed by atoms with Gasteiger partial charge in [-0.3, -0.25) is 14.5 Å². The average molecular weight is 297 g/mol. The van der Waals surface area contributed by atoms with Crippen LogP contribution in [0, 0.1) is 5.92 Å². The molecule has 0 bridgehead atoms. The van der Waals surface area contributed by atoms with Gasteiger partial charge in [0.2, 0.25) is 11.8 Å². The summed E-state index contributed by atoms with van der Waals surface area (Å²) in [5.74, 6) is 0.400.